The van der Waals surface area contributed by atoms with E-state index in [-0.39, 0.29) is 12.2 Å². The van der Waals surface area contributed by atoms with Crippen LogP contribution in [0, 0.1) is 0 Å². The van der Waals surface area contributed by atoms with E-state index < -0.39 is 12.0 Å². The smallest absolute Gasteiger partial charge is 0.338 e. The highest BCUT2D eigenvalue weighted by molar-refractivity contribution is 9.10. The normalized spacial score (nSPS) is 15.8. The van der Waals surface area contributed by atoms with Gasteiger partial charge in [0.15, 0.2) is 4.80 Å². The van der Waals surface area contributed by atoms with Crippen LogP contribution in [-0.4, -0.2) is 31.2 Å². The van der Waals surface area contributed by atoms with Crippen LogP contribution in [0.15, 0.2) is 74.1 Å². The van der Waals surface area contributed by atoms with Crippen LogP contribution in [0.5, 0.6) is 0 Å². The van der Waals surface area contributed by atoms with Gasteiger partial charge in [-0.15, -0.1) is 0 Å². The third-order valence-electron chi connectivity index (χ3n) is 5.41. The Morgan fingerprint density at radius 1 is 1.18 bits per heavy atom. The van der Waals surface area contributed by atoms with E-state index in [0.717, 1.165) is 21.3 Å². The number of fused-ring (bicyclic) bond motifs is 1. The summed E-state index contributed by atoms with van der Waals surface area (Å²) >= 11 is 4.75. The van der Waals surface area contributed by atoms with Crippen LogP contribution in [-0.2, 0) is 9.53 Å². The summed E-state index contributed by atoms with van der Waals surface area (Å²) in [5.41, 5.74) is 3.53. The molecule has 0 aliphatic carbocycles. The van der Waals surface area contributed by atoms with Gasteiger partial charge in [0, 0.05) is 24.3 Å². The third kappa shape index (κ3) is 4.58. The van der Waals surface area contributed by atoms with E-state index in [0.29, 0.717) is 20.6 Å². The molecule has 0 unspecified atom stereocenters. The van der Waals surface area contributed by atoms with E-state index in [9.17, 15) is 9.59 Å². The van der Waals surface area contributed by atoms with Crippen molar-refractivity contribution in [3.05, 3.63) is 95.1 Å². The number of allylic oxidation sites excluding steroid dienone is 1. The Hall–Kier alpha value is -2.97. The largest absolute Gasteiger partial charge is 0.463 e. The van der Waals surface area contributed by atoms with Gasteiger partial charge in [-0.1, -0.05) is 51.5 Å². The number of carbonyl (C=O) groups excluding carboxylic acids is 1. The highest BCUT2D eigenvalue weighted by atomic mass is 79.9. The number of hydrogen-bond acceptors (Lipinski definition) is 6. The lowest BCUT2D eigenvalue weighted by molar-refractivity contribution is -0.139. The van der Waals surface area contributed by atoms with Crippen LogP contribution in [0.4, 0.5) is 5.69 Å². The molecule has 2 aromatic carbocycles. The number of nitrogens with zero attached hydrogens (tertiary/aromatic N) is 3. The average Bonchev–Trinajstić information content (AvgIpc) is 3.09. The minimum atomic E-state index is -0.608. The summed E-state index contributed by atoms with van der Waals surface area (Å²) in [4.78, 5) is 33.7. The zero-order chi connectivity index (χ0) is 23.7. The van der Waals surface area contributed by atoms with Crippen molar-refractivity contribution < 1.29 is 9.53 Å². The van der Waals surface area contributed by atoms with Crippen molar-refractivity contribution in [1.82, 2.24) is 4.57 Å². The number of benzene rings is 2. The van der Waals surface area contributed by atoms with Gasteiger partial charge in [-0.3, -0.25) is 9.36 Å². The van der Waals surface area contributed by atoms with Crippen LogP contribution in [0.1, 0.15) is 31.0 Å². The first-order valence-electron chi connectivity index (χ1n) is 10.5. The van der Waals surface area contributed by atoms with Gasteiger partial charge in [-0.05, 0) is 55.3 Å². The summed E-state index contributed by atoms with van der Waals surface area (Å²) in [6, 6.07) is 15.0. The molecule has 0 spiro atoms. The molecule has 0 saturated heterocycles. The lowest BCUT2D eigenvalue weighted by Gasteiger charge is -2.25. The van der Waals surface area contributed by atoms with E-state index in [2.05, 4.69) is 20.9 Å². The minimum absolute atomic E-state index is 0.183. The molecule has 0 fully saturated rings. The summed E-state index contributed by atoms with van der Waals surface area (Å²) in [6.07, 6.45) is 1.85. The molecule has 1 aliphatic heterocycles. The monoisotopic (exact) mass is 525 g/mol. The number of ether oxygens (including phenoxy) is 1. The van der Waals surface area contributed by atoms with Crippen LogP contribution >= 0.6 is 27.3 Å². The van der Waals surface area contributed by atoms with Crippen molar-refractivity contribution in [2.45, 2.75) is 19.9 Å². The second kappa shape index (κ2) is 9.49. The first kappa shape index (κ1) is 23.2. The predicted octanol–water partition coefficient (Wildman–Crippen LogP) is 3.63. The highest BCUT2D eigenvalue weighted by Crippen LogP contribution is 2.31. The van der Waals surface area contributed by atoms with Crippen LogP contribution < -0.4 is 19.8 Å². The van der Waals surface area contributed by atoms with Gasteiger partial charge in [0.05, 0.1) is 28.5 Å². The van der Waals surface area contributed by atoms with Crippen LogP contribution in [0.2, 0.25) is 0 Å². The maximum Gasteiger partial charge on any atom is 0.338 e. The summed E-state index contributed by atoms with van der Waals surface area (Å²) in [5.74, 6) is -0.456. The molecular formula is C25H24BrN3O3S. The maximum absolute atomic E-state index is 13.6. The fourth-order valence-electron chi connectivity index (χ4n) is 3.77. The van der Waals surface area contributed by atoms with E-state index in [1.165, 1.54) is 11.3 Å². The Labute approximate surface area is 204 Å². The van der Waals surface area contributed by atoms with Gasteiger partial charge in [0.2, 0.25) is 0 Å². The quantitative estimate of drug-likeness (QED) is 0.477. The van der Waals surface area contributed by atoms with Gasteiger partial charge in [-0.25, -0.2) is 9.79 Å². The standard InChI is InChI=1S/C25H24BrN3O3S/c1-5-32-24(31)21-15(2)27-25-29(22(21)17-8-12-19(13-9-17)28(3)4)23(30)20(33-25)14-16-6-10-18(26)11-7-16/h6-14,22H,5H2,1-4H3/b20-14+/t22-/m1/s1. The summed E-state index contributed by atoms with van der Waals surface area (Å²) in [7, 11) is 3.93. The molecule has 1 aromatic heterocycles. The number of esters is 1. The Balaban J connectivity index is 1.92. The van der Waals surface area contributed by atoms with Crippen molar-refractivity contribution >= 4 is 45.0 Å². The molecule has 1 aliphatic rings. The van der Waals surface area contributed by atoms with Crippen molar-refractivity contribution in [2.24, 2.45) is 4.99 Å². The molecule has 3 aromatic rings. The molecule has 4 rings (SSSR count). The molecule has 0 N–H and O–H groups in total. The van der Waals surface area contributed by atoms with Gasteiger partial charge in [0.25, 0.3) is 5.56 Å². The molecule has 2 heterocycles. The molecule has 33 heavy (non-hydrogen) atoms. The average molecular weight is 526 g/mol. The van der Waals surface area contributed by atoms with E-state index >= 15 is 0 Å². The van der Waals surface area contributed by atoms with Gasteiger partial charge in [0.1, 0.15) is 0 Å². The van der Waals surface area contributed by atoms with Gasteiger partial charge < -0.3 is 9.64 Å². The number of thiazole rings is 1. The van der Waals surface area contributed by atoms with E-state index in [1.807, 2.05) is 73.6 Å². The van der Waals surface area contributed by atoms with Crippen LogP contribution in [0.25, 0.3) is 6.08 Å². The SMILES string of the molecule is CCOC(=O)C1=C(C)N=c2s/c(=C/c3ccc(Br)cc3)c(=O)n2[C@@H]1c1ccc(N(C)C)cc1. The predicted molar refractivity (Wildman–Crippen MR) is 135 cm³/mol. The molecule has 0 radical (unpaired) electrons. The number of aromatic nitrogens is 1. The second-order valence-electron chi connectivity index (χ2n) is 7.84. The lowest BCUT2D eigenvalue weighted by atomic mass is 9.95. The topological polar surface area (TPSA) is 63.9 Å². The molecular weight excluding hydrogens is 502 g/mol. The van der Waals surface area contributed by atoms with Crippen molar-refractivity contribution in [2.75, 3.05) is 25.6 Å². The molecule has 1 atom stereocenters. The Bertz CT molecular complexity index is 1400. The molecule has 0 bridgehead atoms. The molecule has 170 valence electrons. The molecule has 6 nitrogen and oxygen atoms in total. The Kier molecular flexibility index (Phi) is 6.67. The molecule has 0 amide bonds. The fraction of sp³-hybridized carbons (Fsp3) is 0.240. The minimum Gasteiger partial charge on any atom is -0.463 e. The first-order chi connectivity index (χ1) is 15.8. The third-order valence-corrected chi connectivity index (χ3v) is 6.92. The summed E-state index contributed by atoms with van der Waals surface area (Å²) in [5, 5.41) is 0. The van der Waals surface area contributed by atoms with Gasteiger partial charge >= 0.3 is 5.97 Å². The number of hydrogen-bond donors (Lipinski definition) is 0. The maximum atomic E-state index is 13.6. The molecule has 8 heteroatoms. The highest BCUT2D eigenvalue weighted by Gasteiger charge is 2.33. The lowest BCUT2D eigenvalue weighted by Crippen LogP contribution is -2.39. The van der Waals surface area contributed by atoms with Gasteiger partial charge in [-0.2, -0.15) is 0 Å². The van der Waals surface area contributed by atoms with E-state index in [4.69, 9.17) is 4.74 Å². The van der Waals surface area contributed by atoms with Crippen molar-refractivity contribution in [1.29, 1.82) is 0 Å². The zero-order valence-electron chi connectivity index (χ0n) is 18.8. The second-order valence-corrected chi connectivity index (χ2v) is 9.76. The molecule has 0 saturated carbocycles. The summed E-state index contributed by atoms with van der Waals surface area (Å²) in [6.45, 7) is 3.80. The first-order valence-corrected chi connectivity index (χ1v) is 12.1. The number of carbonyl (C=O) groups is 1. The van der Waals surface area contributed by atoms with Crippen molar-refractivity contribution in [3.8, 4) is 0 Å². The Morgan fingerprint density at radius 3 is 2.45 bits per heavy atom. The van der Waals surface area contributed by atoms with Crippen molar-refractivity contribution in [3.63, 3.8) is 0 Å². The zero-order valence-corrected chi connectivity index (χ0v) is 21.2. The fourth-order valence-corrected chi connectivity index (χ4v) is 5.08. The Morgan fingerprint density at radius 2 is 1.85 bits per heavy atom. The number of rotatable bonds is 5. The summed E-state index contributed by atoms with van der Waals surface area (Å²) < 4.78 is 8.48. The van der Waals surface area contributed by atoms with E-state index in [1.54, 1.807) is 18.4 Å². The number of anilines is 1. The van der Waals surface area contributed by atoms with Crippen LogP contribution in [0.3, 0.4) is 0 Å². The number of halogens is 1.